The van der Waals surface area contributed by atoms with E-state index in [2.05, 4.69) is 35.1 Å². The van der Waals surface area contributed by atoms with Crippen molar-refractivity contribution in [2.45, 2.75) is 26.7 Å². The number of rotatable bonds is 5. The molecule has 114 valence electrons. The average molecular weight is 330 g/mol. The molecule has 2 heterocycles. The van der Waals surface area contributed by atoms with Crippen molar-refractivity contribution in [2.75, 3.05) is 5.73 Å². The summed E-state index contributed by atoms with van der Waals surface area (Å²) >= 11 is 3.35. The Kier molecular flexibility index (Phi) is 4.49. The first kappa shape index (κ1) is 15.1. The van der Waals surface area contributed by atoms with Crippen LogP contribution in [-0.2, 0) is 6.42 Å². The van der Waals surface area contributed by atoms with Gasteiger partial charge in [-0.15, -0.1) is 21.6 Å². The van der Waals surface area contributed by atoms with Crippen molar-refractivity contribution in [1.82, 2.24) is 4.98 Å². The fraction of sp³-hybridized carbons (Fsp3) is 0.312. The smallest absolute Gasteiger partial charge is 0.231 e. The van der Waals surface area contributed by atoms with E-state index in [4.69, 9.17) is 5.73 Å². The maximum atomic E-state index is 5.65. The first-order chi connectivity index (χ1) is 10.6. The Morgan fingerprint density at radius 2 is 1.91 bits per heavy atom. The molecule has 1 aromatic carbocycles. The highest BCUT2D eigenvalue weighted by molar-refractivity contribution is 7.28. The highest BCUT2D eigenvalue weighted by Gasteiger charge is 2.09. The summed E-state index contributed by atoms with van der Waals surface area (Å²) in [6.07, 6.45) is 2.35. The van der Waals surface area contributed by atoms with Crippen molar-refractivity contribution >= 4 is 48.7 Å². The molecular weight excluding hydrogens is 312 g/mol. The monoisotopic (exact) mass is 330 g/mol. The number of thiazole rings is 1. The van der Waals surface area contributed by atoms with Crippen molar-refractivity contribution in [1.29, 1.82) is 0 Å². The third-order valence-corrected chi connectivity index (χ3v) is 5.35. The second-order valence-corrected chi connectivity index (χ2v) is 7.73. The Bertz CT molecular complexity index is 753. The van der Waals surface area contributed by atoms with Crippen LogP contribution < -0.4 is 5.73 Å². The van der Waals surface area contributed by atoms with Gasteiger partial charge in [0.25, 0.3) is 0 Å². The number of aryl methyl sites for hydroxylation is 1. The Balaban J connectivity index is 1.72. The number of fused-ring (bicyclic) bond motifs is 1. The minimum atomic E-state index is 0.702. The number of aromatic nitrogens is 1. The first-order valence-electron chi connectivity index (χ1n) is 7.26. The lowest BCUT2D eigenvalue weighted by atomic mass is 10.1. The quantitative estimate of drug-likeness (QED) is 0.464. The fourth-order valence-electron chi connectivity index (χ4n) is 2.01. The molecule has 0 atom stereocenters. The van der Waals surface area contributed by atoms with Crippen LogP contribution in [0, 0.1) is 5.92 Å². The lowest BCUT2D eigenvalue weighted by molar-refractivity contribution is 0.590. The zero-order valence-corrected chi connectivity index (χ0v) is 14.2. The molecule has 0 aliphatic rings. The van der Waals surface area contributed by atoms with E-state index in [0.29, 0.717) is 5.13 Å². The van der Waals surface area contributed by atoms with Crippen LogP contribution >= 0.6 is 22.7 Å². The molecular formula is C16H18N4S2. The van der Waals surface area contributed by atoms with Crippen LogP contribution in [0.3, 0.4) is 0 Å². The lowest BCUT2D eigenvalue weighted by Crippen LogP contribution is -1.88. The standard InChI is InChI=1S/C16H18N4S2/c1-10(2)3-8-13-9-14-15(21-13)18-16(22-14)20-19-12-6-4-11(17)5-7-12/h4-7,9-10H,3,8,17H2,1-2H3. The van der Waals surface area contributed by atoms with Gasteiger partial charge in [0.1, 0.15) is 4.83 Å². The van der Waals surface area contributed by atoms with Gasteiger partial charge in [-0.1, -0.05) is 25.2 Å². The molecule has 0 saturated carbocycles. The first-order valence-corrected chi connectivity index (χ1v) is 8.90. The van der Waals surface area contributed by atoms with Crippen LogP contribution in [0.15, 0.2) is 40.6 Å². The number of azo groups is 1. The topological polar surface area (TPSA) is 63.6 Å². The molecule has 3 rings (SSSR count). The Morgan fingerprint density at radius 1 is 1.14 bits per heavy atom. The molecule has 0 aliphatic heterocycles. The van der Waals surface area contributed by atoms with Gasteiger partial charge in [0.15, 0.2) is 0 Å². The van der Waals surface area contributed by atoms with Crippen molar-refractivity contribution in [3.05, 3.63) is 35.2 Å². The van der Waals surface area contributed by atoms with E-state index >= 15 is 0 Å². The van der Waals surface area contributed by atoms with Gasteiger partial charge in [-0.3, -0.25) is 0 Å². The predicted molar refractivity (Wildman–Crippen MR) is 95.7 cm³/mol. The molecule has 0 fully saturated rings. The van der Waals surface area contributed by atoms with Crippen LogP contribution in [0.2, 0.25) is 0 Å². The molecule has 0 bridgehead atoms. The Labute approximate surface area is 137 Å². The number of hydrogen-bond acceptors (Lipinski definition) is 6. The molecule has 0 amide bonds. The Morgan fingerprint density at radius 3 is 2.59 bits per heavy atom. The Hall–Kier alpha value is -1.79. The number of hydrogen-bond donors (Lipinski definition) is 1. The van der Waals surface area contributed by atoms with E-state index in [0.717, 1.165) is 28.5 Å². The van der Waals surface area contributed by atoms with Crippen LogP contribution in [0.25, 0.3) is 9.53 Å². The number of nitrogens with two attached hydrogens (primary N) is 1. The number of nitrogen functional groups attached to an aromatic ring is 1. The average Bonchev–Trinajstić information content (AvgIpc) is 3.02. The van der Waals surface area contributed by atoms with E-state index in [1.807, 2.05) is 24.3 Å². The van der Waals surface area contributed by atoms with Crippen molar-refractivity contribution in [3.8, 4) is 0 Å². The number of benzene rings is 1. The fourth-order valence-corrected chi connectivity index (χ4v) is 4.08. The minimum Gasteiger partial charge on any atom is -0.399 e. The maximum absolute atomic E-state index is 5.65. The number of thiophene rings is 1. The second kappa shape index (κ2) is 6.54. The third kappa shape index (κ3) is 3.69. The molecule has 0 aliphatic carbocycles. The van der Waals surface area contributed by atoms with Gasteiger partial charge < -0.3 is 5.73 Å². The van der Waals surface area contributed by atoms with Gasteiger partial charge in [0.05, 0.1) is 10.4 Å². The third-order valence-electron chi connectivity index (χ3n) is 3.24. The van der Waals surface area contributed by atoms with Crippen LogP contribution in [0.4, 0.5) is 16.5 Å². The zero-order valence-electron chi connectivity index (χ0n) is 12.6. The van der Waals surface area contributed by atoms with Gasteiger partial charge in [0.2, 0.25) is 5.13 Å². The van der Waals surface area contributed by atoms with Crippen molar-refractivity contribution in [3.63, 3.8) is 0 Å². The summed E-state index contributed by atoms with van der Waals surface area (Å²) in [5.74, 6) is 0.734. The van der Waals surface area contributed by atoms with Gasteiger partial charge in [0, 0.05) is 10.6 Å². The SMILES string of the molecule is CC(C)CCc1cc2sc(N=Nc3ccc(N)cc3)nc2s1. The predicted octanol–water partition coefficient (Wildman–Crippen LogP) is 5.94. The van der Waals surface area contributed by atoms with Crippen LogP contribution in [0.5, 0.6) is 0 Å². The molecule has 0 radical (unpaired) electrons. The second-order valence-electron chi connectivity index (χ2n) is 5.60. The van der Waals surface area contributed by atoms with E-state index in [1.165, 1.54) is 16.0 Å². The molecule has 6 heteroatoms. The van der Waals surface area contributed by atoms with Crippen molar-refractivity contribution < 1.29 is 0 Å². The molecule has 22 heavy (non-hydrogen) atoms. The highest BCUT2D eigenvalue weighted by atomic mass is 32.1. The summed E-state index contributed by atoms with van der Waals surface area (Å²) in [5, 5.41) is 9.12. The minimum absolute atomic E-state index is 0.702. The summed E-state index contributed by atoms with van der Waals surface area (Å²) in [6, 6.07) is 9.56. The molecule has 0 saturated heterocycles. The van der Waals surface area contributed by atoms with Gasteiger partial charge in [-0.25, -0.2) is 4.98 Å². The van der Waals surface area contributed by atoms with E-state index < -0.39 is 0 Å². The molecule has 0 unspecified atom stereocenters. The molecule has 4 nitrogen and oxygen atoms in total. The molecule has 3 aromatic rings. The molecule has 2 aromatic heterocycles. The largest absolute Gasteiger partial charge is 0.399 e. The summed E-state index contributed by atoms with van der Waals surface area (Å²) in [5.41, 5.74) is 7.15. The summed E-state index contributed by atoms with van der Waals surface area (Å²) in [4.78, 5) is 7.02. The summed E-state index contributed by atoms with van der Waals surface area (Å²) in [6.45, 7) is 4.51. The van der Waals surface area contributed by atoms with Crippen LogP contribution in [-0.4, -0.2) is 4.98 Å². The maximum Gasteiger partial charge on any atom is 0.231 e. The molecule has 0 spiro atoms. The highest BCUT2D eigenvalue weighted by Crippen LogP contribution is 2.35. The molecule has 2 N–H and O–H groups in total. The van der Waals surface area contributed by atoms with Crippen molar-refractivity contribution in [2.24, 2.45) is 16.1 Å². The van der Waals surface area contributed by atoms with Gasteiger partial charge >= 0.3 is 0 Å². The lowest BCUT2D eigenvalue weighted by Gasteiger charge is -2.00. The number of nitrogens with zero attached hydrogens (tertiary/aromatic N) is 3. The number of anilines is 1. The summed E-state index contributed by atoms with van der Waals surface area (Å²) in [7, 11) is 0. The zero-order chi connectivity index (χ0) is 15.5. The van der Waals surface area contributed by atoms with Crippen LogP contribution in [0.1, 0.15) is 25.1 Å². The van der Waals surface area contributed by atoms with E-state index in [-0.39, 0.29) is 0 Å². The van der Waals surface area contributed by atoms with E-state index in [1.54, 1.807) is 22.7 Å². The van der Waals surface area contributed by atoms with Gasteiger partial charge in [-0.2, -0.15) is 0 Å². The van der Waals surface area contributed by atoms with E-state index in [9.17, 15) is 0 Å². The normalized spacial score (nSPS) is 12.0. The summed E-state index contributed by atoms with van der Waals surface area (Å²) < 4.78 is 1.20. The van der Waals surface area contributed by atoms with Gasteiger partial charge in [-0.05, 0) is 49.1 Å².